The number of allylic oxidation sites excluding steroid dienone is 2. The van der Waals surface area contributed by atoms with Crippen LogP contribution in [0, 0.1) is 28.6 Å². The molecule has 0 spiro atoms. The standard InChI is InChI=1S/C28H24N2O5/c1-15(31)21-19-12-13-20(21)28-23-18-11-7-6-10-17(18)22(27(19,28)24(32)29(2)25(28)33)30(23)26(34)35-14-16-8-4-3-5-9-16/h3-13,19-23H,14H2,1-2H3/t19-,20+,21?,22-,23+,27-,28+. The van der Waals surface area contributed by atoms with Crippen LogP contribution in [0.3, 0.4) is 0 Å². The number of hydrogen-bond donors (Lipinski definition) is 0. The molecule has 2 aromatic carbocycles. The van der Waals surface area contributed by atoms with Crippen LogP contribution in [0.1, 0.15) is 35.7 Å². The maximum absolute atomic E-state index is 14.1. The fraction of sp³-hybridized carbons (Fsp3) is 0.357. The number of benzene rings is 2. The second-order valence-corrected chi connectivity index (χ2v) is 10.4. The van der Waals surface area contributed by atoms with Crippen molar-refractivity contribution < 1.29 is 23.9 Å². The highest BCUT2D eigenvalue weighted by molar-refractivity contribution is 6.14. The largest absolute Gasteiger partial charge is 0.445 e. The van der Waals surface area contributed by atoms with E-state index in [0.717, 1.165) is 16.7 Å². The fourth-order valence-corrected chi connectivity index (χ4v) is 8.36. The van der Waals surface area contributed by atoms with Gasteiger partial charge in [0.05, 0.1) is 22.9 Å². The smallest absolute Gasteiger partial charge is 0.411 e. The molecular formula is C28H24N2O5. The Hall–Kier alpha value is -3.74. The molecule has 5 aliphatic rings. The van der Waals surface area contributed by atoms with Crippen molar-refractivity contribution >= 4 is 23.7 Å². The van der Waals surface area contributed by atoms with Crippen LogP contribution in [0.5, 0.6) is 0 Å². The predicted octanol–water partition coefficient (Wildman–Crippen LogP) is 3.43. The third-order valence-electron chi connectivity index (χ3n) is 9.24. The molecule has 0 aromatic heterocycles. The van der Waals surface area contributed by atoms with Gasteiger partial charge in [-0.25, -0.2) is 4.79 Å². The first-order valence-corrected chi connectivity index (χ1v) is 12.0. The van der Waals surface area contributed by atoms with E-state index in [1.54, 1.807) is 11.8 Å². The quantitative estimate of drug-likeness (QED) is 0.509. The first-order valence-electron chi connectivity index (χ1n) is 12.0. The summed E-state index contributed by atoms with van der Waals surface area (Å²) in [6.07, 6.45) is 3.34. The normalized spacial score (nSPS) is 37.0. The number of Topliss-reactive ketones (excluding diaryl/α,β-unsaturated/α-hetero) is 1. The monoisotopic (exact) mass is 468 g/mol. The van der Waals surface area contributed by atoms with E-state index in [9.17, 15) is 19.2 Å². The summed E-state index contributed by atoms with van der Waals surface area (Å²) in [5.41, 5.74) is 0.166. The van der Waals surface area contributed by atoms with Gasteiger partial charge in [-0.05, 0) is 23.6 Å². The summed E-state index contributed by atoms with van der Waals surface area (Å²) in [5, 5.41) is 0. The SMILES string of the molecule is CC(=O)C1[C@H]2C=C[C@@H]1[C@]13C(=O)N(C)C(=O)[C@]21[C@H]1c2ccccc2[C@@H]3N1C(=O)OCc1ccccc1. The Bertz CT molecular complexity index is 1300. The van der Waals surface area contributed by atoms with E-state index in [2.05, 4.69) is 0 Å². The van der Waals surface area contributed by atoms with E-state index in [0.29, 0.717) is 0 Å². The molecule has 3 fully saturated rings. The van der Waals surface area contributed by atoms with Crippen LogP contribution in [-0.2, 0) is 25.7 Å². The molecule has 2 aliphatic carbocycles. The topological polar surface area (TPSA) is 84.0 Å². The minimum absolute atomic E-state index is 0.0232. The lowest BCUT2D eigenvalue weighted by molar-refractivity contribution is -0.144. The summed E-state index contributed by atoms with van der Waals surface area (Å²) in [6, 6.07) is 15.7. The van der Waals surface area contributed by atoms with Gasteiger partial charge in [0.25, 0.3) is 0 Å². The molecule has 2 saturated heterocycles. The molecule has 35 heavy (non-hydrogen) atoms. The summed E-state index contributed by atoms with van der Waals surface area (Å²) in [5.74, 6) is -1.95. The third kappa shape index (κ3) is 1.99. The van der Waals surface area contributed by atoms with Gasteiger partial charge in [-0.1, -0.05) is 66.7 Å². The van der Waals surface area contributed by atoms with Crippen LogP contribution < -0.4 is 0 Å². The van der Waals surface area contributed by atoms with Gasteiger partial charge in [-0.2, -0.15) is 0 Å². The molecule has 1 unspecified atom stereocenters. The van der Waals surface area contributed by atoms with E-state index >= 15 is 0 Å². The molecule has 4 bridgehead atoms. The third-order valence-corrected chi connectivity index (χ3v) is 9.24. The zero-order valence-corrected chi connectivity index (χ0v) is 19.4. The number of fused-ring (bicyclic) bond motifs is 7. The van der Waals surface area contributed by atoms with Crippen LogP contribution in [-0.4, -0.2) is 40.5 Å². The molecule has 7 atom stereocenters. The summed E-state index contributed by atoms with van der Waals surface area (Å²) in [7, 11) is 1.53. The maximum atomic E-state index is 14.1. The lowest BCUT2D eigenvalue weighted by Crippen LogP contribution is -2.50. The van der Waals surface area contributed by atoms with Gasteiger partial charge in [0, 0.05) is 24.8 Å². The average molecular weight is 469 g/mol. The fourth-order valence-electron chi connectivity index (χ4n) is 8.36. The number of hydrogen-bond acceptors (Lipinski definition) is 5. The number of carbonyl (C=O) groups is 4. The van der Waals surface area contributed by atoms with Crippen LogP contribution >= 0.6 is 0 Å². The second-order valence-electron chi connectivity index (χ2n) is 10.4. The molecule has 7 rings (SSSR count). The highest BCUT2D eigenvalue weighted by atomic mass is 16.6. The molecule has 7 heteroatoms. The minimum atomic E-state index is -1.21. The van der Waals surface area contributed by atoms with Crippen molar-refractivity contribution in [2.24, 2.45) is 28.6 Å². The number of carbonyl (C=O) groups excluding carboxylic acids is 4. The van der Waals surface area contributed by atoms with Crippen molar-refractivity contribution in [3.8, 4) is 0 Å². The van der Waals surface area contributed by atoms with Gasteiger partial charge >= 0.3 is 6.09 Å². The van der Waals surface area contributed by atoms with Crippen molar-refractivity contribution in [3.05, 3.63) is 83.4 Å². The Morgan fingerprint density at radius 3 is 1.89 bits per heavy atom. The predicted molar refractivity (Wildman–Crippen MR) is 123 cm³/mol. The zero-order chi connectivity index (χ0) is 24.3. The van der Waals surface area contributed by atoms with E-state index in [4.69, 9.17) is 4.74 Å². The minimum Gasteiger partial charge on any atom is -0.445 e. The molecule has 3 heterocycles. The number of imide groups is 1. The van der Waals surface area contributed by atoms with Gasteiger partial charge in [-0.3, -0.25) is 24.2 Å². The van der Waals surface area contributed by atoms with E-state index in [1.807, 2.05) is 66.7 Å². The van der Waals surface area contributed by atoms with Crippen LogP contribution in [0.15, 0.2) is 66.7 Å². The lowest BCUT2D eigenvalue weighted by atomic mass is 9.52. The molecular weight excluding hydrogens is 444 g/mol. The van der Waals surface area contributed by atoms with Gasteiger partial charge < -0.3 is 4.74 Å². The Morgan fingerprint density at radius 2 is 1.37 bits per heavy atom. The maximum Gasteiger partial charge on any atom is 0.411 e. The van der Waals surface area contributed by atoms with Gasteiger partial charge in [0.2, 0.25) is 11.8 Å². The summed E-state index contributed by atoms with van der Waals surface area (Å²) >= 11 is 0. The Balaban J connectivity index is 1.42. The summed E-state index contributed by atoms with van der Waals surface area (Å²) in [6.45, 7) is 1.64. The summed E-state index contributed by atoms with van der Waals surface area (Å²) < 4.78 is 5.77. The highest BCUT2D eigenvalue weighted by Crippen LogP contribution is 2.85. The Labute approximate surface area is 202 Å². The zero-order valence-electron chi connectivity index (χ0n) is 19.4. The Morgan fingerprint density at radius 1 is 0.857 bits per heavy atom. The van der Waals surface area contributed by atoms with E-state index < -0.39 is 46.8 Å². The second kappa shape index (κ2) is 6.47. The first kappa shape index (κ1) is 20.6. The summed E-state index contributed by atoms with van der Waals surface area (Å²) in [4.78, 5) is 57.6. The molecule has 1 saturated carbocycles. The van der Waals surface area contributed by atoms with Crippen molar-refractivity contribution in [2.75, 3.05) is 7.05 Å². The van der Waals surface area contributed by atoms with Crippen LogP contribution in [0.25, 0.3) is 0 Å². The Kier molecular flexibility index (Phi) is 3.81. The van der Waals surface area contributed by atoms with Crippen molar-refractivity contribution in [2.45, 2.75) is 25.6 Å². The average Bonchev–Trinajstić information content (AvgIpc) is 3.62. The molecule has 0 N–H and O–H groups in total. The number of likely N-dealkylation sites (tertiary alicyclic amines) is 1. The number of ether oxygens (including phenoxy) is 1. The van der Waals surface area contributed by atoms with Crippen molar-refractivity contribution in [1.29, 1.82) is 0 Å². The molecule has 0 radical (unpaired) electrons. The van der Waals surface area contributed by atoms with E-state index in [-0.39, 0.29) is 24.2 Å². The molecule has 7 nitrogen and oxygen atoms in total. The molecule has 3 aliphatic heterocycles. The van der Waals surface area contributed by atoms with Gasteiger partial charge in [0.1, 0.15) is 12.4 Å². The van der Waals surface area contributed by atoms with Crippen LogP contribution in [0.2, 0.25) is 0 Å². The number of rotatable bonds is 3. The highest BCUT2D eigenvalue weighted by Gasteiger charge is 2.92. The van der Waals surface area contributed by atoms with Gasteiger partial charge in [-0.15, -0.1) is 0 Å². The lowest BCUT2D eigenvalue weighted by Gasteiger charge is -2.44. The van der Waals surface area contributed by atoms with Crippen LogP contribution in [0.4, 0.5) is 4.79 Å². The number of nitrogens with zero attached hydrogens (tertiary/aromatic N) is 2. The molecule has 2 aromatic rings. The van der Waals surface area contributed by atoms with Crippen molar-refractivity contribution in [3.63, 3.8) is 0 Å². The van der Waals surface area contributed by atoms with Crippen molar-refractivity contribution in [1.82, 2.24) is 9.80 Å². The molecule has 3 amide bonds. The van der Waals surface area contributed by atoms with Gasteiger partial charge in [0.15, 0.2) is 0 Å². The first-order chi connectivity index (χ1) is 16.9. The van der Waals surface area contributed by atoms with E-state index in [1.165, 1.54) is 11.9 Å². The molecule has 176 valence electrons. The number of amides is 3. The number of ketones is 1.